The number of rotatable bonds is 2. The van der Waals surface area contributed by atoms with E-state index in [0.717, 1.165) is 5.56 Å². The molecule has 6 nitrogen and oxygen atoms in total. The number of fused-ring (bicyclic) bond motifs is 1. The van der Waals surface area contributed by atoms with Gasteiger partial charge >= 0.3 is 0 Å². The second-order valence-electron chi connectivity index (χ2n) is 4.94. The third-order valence-electron chi connectivity index (χ3n) is 3.63. The van der Waals surface area contributed by atoms with Gasteiger partial charge in [-0.05, 0) is 32.4 Å². The molecule has 1 aliphatic rings. The van der Waals surface area contributed by atoms with Gasteiger partial charge in [-0.3, -0.25) is 9.40 Å². The fourth-order valence-electron chi connectivity index (χ4n) is 2.71. The van der Waals surface area contributed by atoms with Crippen LogP contribution in [0.25, 0.3) is 0 Å². The molecule has 0 spiro atoms. The summed E-state index contributed by atoms with van der Waals surface area (Å²) in [6.07, 6.45) is 0.636. The second-order valence-corrected chi connectivity index (χ2v) is 6.73. The van der Waals surface area contributed by atoms with E-state index in [1.807, 2.05) is 0 Å². The van der Waals surface area contributed by atoms with E-state index in [-0.39, 0.29) is 4.90 Å². The van der Waals surface area contributed by atoms with Gasteiger partial charge in [-0.2, -0.15) is 5.10 Å². The highest BCUT2D eigenvalue weighted by Crippen LogP contribution is 2.36. The maximum atomic E-state index is 12.8. The lowest BCUT2D eigenvalue weighted by Crippen LogP contribution is -2.29. The van der Waals surface area contributed by atoms with Gasteiger partial charge in [0.2, 0.25) is 0 Å². The molecule has 2 aromatic rings. The molecule has 1 aromatic heterocycles. The molecule has 3 rings (SSSR count). The van der Waals surface area contributed by atoms with Crippen LogP contribution in [0.1, 0.15) is 17.0 Å². The number of hydrogen-bond acceptors (Lipinski definition) is 4. The van der Waals surface area contributed by atoms with Crippen molar-refractivity contribution in [3.63, 3.8) is 0 Å². The van der Waals surface area contributed by atoms with Crippen molar-refractivity contribution in [2.24, 2.45) is 0 Å². The van der Waals surface area contributed by atoms with Crippen LogP contribution in [0.3, 0.4) is 0 Å². The molecule has 0 bridgehead atoms. The lowest BCUT2D eigenvalue weighted by molar-refractivity contribution is 0.591. The molecule has 0 radical (unpaired) electrons. The predicted octanol–water partition coefficient (Wildman–Crippen LogP) is 1.36. The van der Waals surface area contributed by atoms with E-state index in [0.29, 0.717) is 35.7 Å². The minimum Gasteiger partial charge on any atom is -0.398 e. The number of benzene rings is 1. The molecule has 2 heterocycles. The van der Waals surface area contributed by atoms with Crippen LogP contribution in [-0.4, -0.2) is 25.2 Å². The first-order valence-electron chi connectivity index (χ1n) is 6.34. The first-order chi connectivity index (χ1) is 9.43. The molecule has 0 atom stereocenters. The third-order valence-corrected chi connectivity index (χ3v) is 5.71. The number of aromatic amines is 1. The molecule has 0 saturated heterocycles. The Labute approximate surface area is 117 Å². The number of nitrogens with zero attached hydrogens (tertiary/aromatic N) is 2. The van der Waals surface area contributed by atoms with Crippen LogP contribution >= 0.6 is 0 Å². The zero-order chi connectivity index (χ0) is 14.5. The molecule has 106 valence electrons. The van der Waals surface area contributed by atoms with E-state index < -0.39 is 10.0 Å². The Morgan fingerprint density at radius 1 is 1.35 bits per heavy atom. The van der Waals surface area contributed by atoms with Crippen molar-refractivity contribution >= 4 is 21.4 Å². The maximum Gasteiger partial charge on any atom is 0.268 e. The topological polar surface area (TPSA) is 92.1 Å². The number of aromatic nitrogens is 2. The molecule has 0 fully saturated rings. The van der Waals surface area contributed by atoms with E-state index >= 15 is 0 Å². The minimum absolute atomic E-state index is 0.257. The van der Waals surface area contributed by atoms with Gasteiger partial charge in [0.1, 0.15) is 4.90 Å². The van der Waals surface area contributed by atoms with Crippen LogP contribution in [0.4, 0.5) is 11.4 Å². The maximum absolute atomic E-state index is 12.8. The number of aryl methyl sites for hydroxylation is 2. The van der Waals surface area contributed by atoms with Gasteiger partial charge in [-0.25, -0.2) is 8.42 Å². The van der Waals surface area contributed by atoms with Gasteiger partial charge in [-0.15, -0.1) is 0 Å². The van der Waals surface area contributed by atoms with Crippen molar-refractivity contribution in [2.45, 2.75) is 25.2 Å². The van der Waals surface area contributed by atoms with E-state index in [9.17, 15) is 8.42 Å². The third kappa shape index (κ3) is 1.70. The molecule has 1 aromatic carbocycles. The monoisotopic (exact) mass is 292 g/mol. The normalized spacial score (nSPS) is 14.6. The van der Waals surface area contributed by atoms with Gasteiger partial charge in [-0.1, -0.05) is 6.07 Å². The quantitative estimate of drug-likeness (QED) is 0.817. The summed E-state index contributed by atoms with van der Waals surface area (Å²) in [7, 11) is -3.60. The van der Waals surface area contributed by atoms with Crippen LogP contribution in [-0.2, 0) is 16.4 Å². The van der Waals surface area contributed by atoms with Crippen LogP contribution in [0.2, 0.25) is 0 Å². The molecule has 1 aliphatic heterocycles. The lowest BCUT2D eigenvalue weighted by atomic mass is 10.1. The molecule has 0 saturated carbocycles. The fourth-order valence-corrected chi connectivity index (χ4v) is 4.55. The molecule has 3 N–H and O–H groups in total. The zero-order valence-corrected chi connectivity index (χ0v) is 12.2. The molecule has 20 heavy (non-hydrogen) atoms. The highest BCUT2D eigenvalue weighted by molar-refractivity contribution is 7.93. The molecule has 0 aliphatic carbocycles. The van der Waals surface area contributed by atoms with E-state index in [2.05, 4.69) is 10.2 Å². The largest absolute Gasteiger partial charge is 0.398 e. The smallest absolute Gasteiger partial charge is 0.268 e. The Kier molecular flexibility index (Phi) is 2.75. The molecular weight excluding hydrogens is 276 g/mol. The summed E-state index contributed by atoms with van der Waals surface area (Å²) in [5.41, 5.74) is 9.17. The fraction of sp³-hybridized carbons (Fsp3) is 0.308. The Bertz CT molecular complexity index is 760. The van der Waals surface area contributed by atoms with E-state index in [1.165, 1.54) is 4.31 Å². The zero-order valence-electron chi connectivity index (χ0n) is 11.3. The number of nitrogens with one attached hydrogen (secondary N) is 1. The Hall–Kier alpha value is -2.02. The summed E-state index contributed by atoms with van der Waals surface area (Å²) < 4.78 is 27.1. The molecule has 7 heteroatoms. The highest BCUT2D eigenvalue weighted by Gasteiger charge is 2.34. The summed E-state index contributed by atoms with van der Waals surface area (Å²) >= 11 is 0. The molecular formula is C13H16N4O2S. The van der Waals surface area contributed by atoms with Crippen LogP contribution in [0.15, 0.2) is 23.1 Å². The number of nitrogen functional groups attached to an aromatic ring is 1. The standard InChI is InChI=1S/C13H16N4O2S/c1-8-13(9(2)16-15-8)20(18,19)17-7-6-10-11(14)4-3-5-12(10)17/h3-5H,6-7,14H2,1-2H3,(H,15,16). The first-order valence-corrected chi connectivity index (χ1v) is 7.78. The summed E-state index contributed by atoms with van der Waals surface area (Å²) in [6.45, 7) is 3.81. The Balaban J connectivity index is 2.15. The van der Waals surface area contributed by atoms with Crippen LogP contribution in [0.5, 0.6) is 0 Å². The average molecular weight is 292 g/mol. The minimum atomic E-state index is -3.60. The number of nitrogens with two attached hydrogens (primary N) is 1. The van der Waals surface area contributed by atoms with E-state index in [1.54, 1.807) is 32.0 Å². The van der Waals surface area contributed by atoms with Crippen molar-refractivity contribution < 1.29 is 8.42 Å². The van der Waals surface area contributed by atoms with Crippen molar-refractivity contribution in [1.29, 1.82) is 0 Å². The number of hydrogen-bond donors (Lipinski definition) is 2. The molecule has 0 unspecified atom stereocenters. The lowest BCUT2D eigenvalue weighted by Gasteiger charge is -2.19. The highest BCUT2D eigenvalue weighted by atomic mass is 32.2. The van der Waals surface area contributed by atoms with Crippen LogP contribution < -0.4 is 10.0 Å². The van der Waals surface area contributed by atoms with Crippen LogP contribution in [0, 0.1) is 13.8 Å². The van der Waals surface area contributed by atoms with Gasteiger partial charge in [0, 0.05) is 17.8 Å². The summed E-state index contributed by atoms with van der Waals surface area (Å²) in [5.74, 6) is 0. The Morgan fingerprint density at radius 2 is 2.10 bits per heavy atom. The SMILES string of the molecule is Cc1n[nH]c(C)c1S(=O)(=O)N1CCc2c(N)cccc21. The predicted molar refractivity (Wildman–Crippen MR) is 77.2 cm³/mol. The number of anilines is 2. The average Bonchev–Trinajstić information content (AvgIpc) is 2.95. The number of sulfonamides is 1. The van der Waals surface area contributed by atoms with Crippen molar-refractivity contribution in [1.82, 2.24) is 10.2 Å². The van der Waals surface area contributed by atoms with Gasteiger partial charge in [0.05, 0.1) is 17.1 Å². The van der Waals surface area contributed by atoms with Crippen molar-refractivity contribution in [3.05, 3.63) is 35.2 Å². The van der Waals surface area contributed by atoms with Gasteiger partial charge in [0.15, 0.2) is 0 Å². The second kappa shape index (κ2) is 4.24. The Morgan fingerprint density at radius 3 is 2.75 bits per heavy atom. The van der Waals surface area contributed by atoms with Crippen molar-refractivity contribution in [3.8, 4) is 0 Å². The van der Waals surface area contributed by atoms with E-state index in [4.69, 9.17) is 5.73 Å². The number of H-pyrrole nitrogens is 1. The summed E-state index contributed by atoms with van der Waals surface area (Å²) in [5, 5.41) is 6.69. The van der Waals surface area contributed by atoms with Gasteiger partial charge in [0.25, 0.3) is 10.0 Å². The van der Waals surface area contributed by atoms with Gasteiger partial charge < -0.3 is 5.73 Å². The summed E-state index contributed by atoms with van der Waals surface area (Å²) in [4.78, 5) is 0.257. The molecule has 0 amide bonds. The van der Waals surface area contributed by atoms with Crippen molar-refractivity contribution in [2.75, 3.05) is 16.6 Å². The first kappa shape index (κ1) is 13.0. The summed E-state index contributed by atoms with van der Waals surface area (Å²) in [6, 6.07) is 5.36.